The molecule has 4 aromatic rings. The van der Waals surface area contributed by atoms with Crippen molar-refractivity contribution in [2.24, 2.45) is 16.9 Å². The molecule has 42 heavy (non-hydrogen) atoms. The SMILES string of the molecule is COc1ccccc1C(=O)N/N=C/C12c3ccccc3C(c3ccccc31)[C@@H]1C(=O)N(c3ccccc3C#N)C(=O)[C@@H]12. The summed E-state index contributed by atoms with van der Waals surface area (Å²) in [4.78, 5) is 43.1. The van der Waals surface area contributed by atoms with Gasteiger partial charge < -0.3 is 4.74 Å². The number of methoxy groups -OCH3 is 1. The van der Waals surface area contributed by atoms with Crippen LogP contribution in [0.5, 0.6) is 5.75 Å². The lowest BCUT2D eigenvalue weighted by atomic mass is 9.47. The Balaban J connectivity index is 1.41. The van der Waals surface area contributed by atoms with Crippen LogP contribution < -0.4 is 15.1 Å². The Hall–Kier alpha value is -5.55. The van der Waals surface area contributed by atoms with Crippen molar-refractivity contribution in [3.63, 3.8) is 0 Å². The number of hydrogen-bond donors (Lipinski definition) is 1. The van der Waals surface area contributed by atoms with Gasteiger partial charge in [-0.05, 0) is 46.5 Å². The molecule has 1 aliphatic heterocycles. The predicted molar refractivity (Wildman–Crippen MR) is 155 cm³/mol. The minimum Gasteiger partial charge on any atom is -0.496 e. The lowest BCUT2D eigenvalue weighted by Crippen LogP contribution is -2.54. The summed E-state index contributed by atoms with van der Waals surface area (Å²) >= 11 is 0. The van der Waals surface area contributed by atoms with Gasteiger partial charge >= 0.3 is 0 Å². The smallest absolute Gasteiger partial charge is 0.275 e. The largest absolute Gasteiger partial charge is 0.496 e. The Morgan fingerprint density at radius 1 is 0.905 bits per heavy atom. The van der Waals surface area contributed by atoms with Crippen LogP contribution in [0.4, 0.5) is 5.69 Å². The summed E-state index contributed by atoms with van der Waals surface area (Å²) in [6, 6.07) is 31.2. The standard InChI is InChI=1S/C34H24N4O4/c1-42-27-17-9-5-13-23(27)31(39)37-36-19-34-24-14-6-3-11-21(24)28(22-12-4-7-15-25(22)34)29-30(34)33(41)38(32(29)40)26-16-8-2-10-20(26)18-35/h2-17,19,28-30H,1H3,(H,37,39)/b36-19+/t28?,29-,30+,34?/m0/s1. The summed E-state index contributed by atoms with van der Waals surface area (Å²) in [5, 5.41) is 14.2. The molecule has 4 aromatic carbocycles. The summed E-state index contributed by atoms with van der Waals surface area (Å²) < 4.78 is 5.34. The lowest BCUT2D eigenvalue weighted by Gasteiger charge is -2.52. The topological polar surface area (TPSA) is 112 Å². The van der Waals surface area contributed by atoms with E-state index in [1.807, 2.05) is 48.5 Å². The van der Waals surface area contributed by atoms with Crippen molar-refractivity contribution in [3.05, 3.63) is 130 Å². The Kier molecular flexibility index (Phi) is 5.77. The second-order valence-electron chi connectivity index (χ2n) is 10.6. The van der Waals surface area contributed by atoms with Gasteiger partial charge in [0.25, 0.3) is 5.91 Å². The molecular formula is C34H24N4O4. The average Bonchev–Trinajstić information content (AvgIpc) is 3.31. The number of hydrazone groups is 1. The van der Waals surface area contributed by atoms with Gasteiger partial charge in [0.15, 0.2) is 0 Å². The fourth-order valence-electron chi connectivity index (χ4n) is 7.14. The summed E-state index contributed by atoms with van der Waals surface area (Å²) in [5.74, 6) is -2.72. The third-order valence-electron chi connectivity index (χ3n) is 8.74. The molecule has 0 radical (unpaired) electrons. The van der Waals surface area contributed by atoms with Crippen molar-refractivity contribution < 1.29 is 19.1 Å². The first kappa shape index (κ1) is 25.4. The van der Waals surface area contributed by atoms with Crippen LogP contribution in [-0.2, 0) is 15.0 Å². The van der Waals surface area contributed by atoms with Crippen LogP contribution in [-0.4, -0.2) is 31.0 Å². The second kappa shape index (κ2) is 9.53. The van der Waals surface area contributed by atoms with E-state index in [2.05, 4.69) is 16.6 Å². The molecule has 8 rings (SSSR count). The maximum absolute atomic E-state index is 14.5. The summed E-state index contributed by atoms with van der Waals surface area (Å²) in [5.41, 5.74) is 5.91. The zero-order chi connectivity index (χ0) is 29.0. The number of carbonyl (C=O) groups excluding carboxylic acids is 3. The maximum Gasteiger partial charge on any atom is 0.275 e. The minimum absolute atomic E-state index is 0.243. The monoisotopic (exact) mass is 552 g/mol. The van der Waals surface area contributed by atoms with E-state index in [1.165, 1.54) is 12.0 Å². The number of nitrogens with zero attached hydrogens (tertiary/aromatic N) is 3. The minimum atomic E-state index is -1.15. The van der Waals surface area contributed by atoms with Crippen LogP contribution in [0, 0.1) is 23.2 Å². The molecule has 1 N–H and O–H groups in total. The number of nitrogens with one attached hydrogen (secondary N) is 1. The van der Waals surface area contributed by atoms with Gasteiger partial charge in [0.05, 0.1) is 41.2 Å². The number of carbonyl (C=O) groups is 3. The van der Waals surface area contributed by atoms with Crippen LogP contribution in [0.2, 0.25) is 0 Å². The summed E-state index contributed by atoms with van der Waals surface area (Å²) in [6.45, 7) is 0. The molecule has 0 saturated carbocycles. The fraction of sp³-hybridized carbons (Fsp3) is 0.147. The summed E-state index contributed by atoms with van der Waals surface area (Å²) in [7, 11) is 1.49. The maximum atomic E-state index is 14.5. The first-order chi connectivity index (χ1) is 20.5. The van der Waals surface area contributed by atoms with Crippen LogP contribution in [0.1, 0.15) is 44.1 Å². The van der Waals surface area contributed by atoms with Crippen molar-refractivity contribution in [3.8, 4) is 11.8 Å². The molecular weight excluding hydrogens is 528 g/mol. The van der Waals surface area contributed by atoms with E-state index in [9.17, 15) is 19.6 Å². The van der Waals surface area contributed by atoms with Gasteiger partial charge in [-0.25, -0.2) is 10.3 Å². The third kappa shape index (κ3) is 3.34. The van der Waals surface area contributed by atoms with Crippen molar-refractivity contribution in [2.75, 3.05) is 12.0 Å². The van der Waals surface area contributed by atoms with Crippen molar-refractivity contribution >= 4 is 29.6 Å². The van der Waals surface area contributed by atoms with Crippen molar-refractivity contribution in [1.82, 2.24) is 5.43 Å². The molecule has 3 amide bonds. The van der Waals surface area contributed by atoms with Gasteiger partial charge in [-0.2, -0.15) is 10.4 Å². The highest BCUT2D eigenvalue weighted by Crippen LogP contribution is 2.63. The van der Waals surface area contributed by atoms with Gasteiger partial charge in [0, 0.05) is 12.1 Å². The van der Waals surface area contributed by atoms with Gasteiger partial charge in [0.2, 0.25) is 11.8 Å². The number of amides is 3. The van der Waals surface area contributed by atoms with Crippen LogP contribution in [0.25, 0.3) is 0 Å². The molecule has 8 nitrogen and oxygen atoms in total. The highest BCUT2D eigenvalue weighted by atomic mass is 16.5. The predicted octanol–water partition coefficient (Wildman–Crippen LogP) is 4.53. The molecule has 1 fully saturated rings. The van der Waals surface area contributed by atoms with E-state index in [0.29, 0.717) is 11.3 Å². The quantitative estimate of drug-likeness (QED) is 0.222. The molecule has 1 heterocycles. The molecule has 0 spiro atoms. The van der Waals surface area contributed by atoms with E-state index in [0.717, 1.165) is 22.3 Å². The van der Waals surface area contributed by atoms with E-state index in [4.69, 9.17) is 4.74 Å². The number of hydrogen-bond acceptors (Lipinski definition) is 6. The first-order valence-electron chi connectivity index (χ1n) is 13.6. The number of para-hydroxylation sites is 2. The molecule has 4 aliphatic rings. The highest BCUT2D eigenvalue weighted by Gasteiger charge is 2.68. The summed E-state index contributed by atoms with van der Waals surface area (Å²) in [6.07, 6.45) is 1.61. The zero-order valence-electron chi connectivity index (χ0n) is 22.5. The number of benzene rings is 4. The van der Waals surface area contributed by atoms with Gasteiger partial charge in [-0.1, -0.05) is 72.8 Å². The fourth-order valence-corrected chi connectivity index (χ4v) is 7.14. The van der Waals surface area contributed by atoms with Gasteiger partial charge in [-0.3, -0.25) is 14.4 Å². The molecule has 204 valence electrons. The van der Waals surface area contributed by atoms with Gasteiger partial charge in [0.1, 0.15) is 11.8 Å². The van der Waals surface area contributed by atoms with Crippen LogP contribution >= 0.6 is 0 Å². The third-order valence-corrected chi connectivity index (χ3v) is 8.74. The second-order valence-corrected chi connectivity index (χ2v) is 10.6. The number of anilines is 1. The number of rotatable bonds is 5. The van der Waals surface area contributed by atoms with Gasteiger partial charge in [-0.15, -0.1) is 0 Å². The van der Waals surface area contributed by atoms with Crippen LogP contribution in [0.3, 0.4) is 0 Å². The Labute approximate surface area is 241 Å². The molecule has 8 heteroatoms. The molecule has 1 saturated heterocycles. The van der Waals surface area contributed by atoms with Crippen molar-refractivity contribution in [1.29, 1.82) is 5.26 Å². The molecule has 3 aliphatic carbocycles. The van der Waals surface area contributed by atoms with E-state index >= 15 is 0 Å². The zero-order valence-corrected chi connectivity index (χ0v) is 22.5. The lowest BCUT2D eigenvalue weighted by molar-refractivity contribution is -0.122. The normalized spacial score (nSPS) is 23.2. The molecule has 0 aromatic heterocycles. The molecule has 0 unspecified atom stereocenters. The van der Waals surface area contributed by atoms with Crippen LogP contribution in [0.15, 0.2) is 102 Å². The Morgan fingerprint density at radius 2 is 1.52 bits per heavy atom. The number of nitriles is 1. The number of ether oxygens (including phenoxy) is 1. The van der Waals surface area contributed by atoms with Crippen molar-refractivity contribution in [2.45, 2.75) is 11.3 Å². The molecule has 2 bridgehead atoms. The Bertz CT molecular complexity index is 1830. The van der Waals surface area contributed by atoms with E-state index in [1.54, 1.807) is 54.7 Å². The average molecular weight is 553 g/mol. The first-order valence-corrected chi connectivity index (χ1v) is 13.6. The Morgan fingerprint density at radius 3 is 2.21 bits per heavy atom. The molecule has 2 atom stereocenters. The highest BCUT2D eigenvalue weighted by molar-refractivity contribution is 6.25. The number of imide groups is 1. The van der Waals surface area contributed by atoms with E-state index < -0.39 is 29.1 Å². The van der Waals surface area contributed by atoms with E-state index in [-0.39, 0.29) is 23.1 Å².